The van der Waals surface area contributed by atoms with Crippen LogP contribution in [0.1, 0.15) is 16.8 Å². The zero-order valence-electron chi connectivity index (χ0n) is 15.6. The number of benzene rings is 2. The monoisotopic (exact) mass is 403 g/mol. The van der Waals surface area contributed by atoms with Crippen LogP contribution in [-0.2, 0) is 24.1 Å². The maximum atomic E-state index is 13.6. The van der Waals surface area contributed by atoms with Crippen molar-refractivity contribution >= 4 is 21.7 Å². The molecular formula is C20H21NO6S. The van der Waals surface area contributed by atoms with Gasteiger partial charge in [-0.05, 0) is 24.3 Å². The van der Waals surface area contributed by atoms with Gasteiger partial charge in [-0.3, -0.25) is 4.79 Å². The number of carbonyl (C=O) groups excluding carboxylic acids is 2. The Morgan fingerprint density at radius 3 is 2.11 bits per heavy atom. The zero-order chi connectivity index (χ0) is 20.4. The molecule has 0 radical (unpaired) electrons. The number of esters is 1. The molecule has 3 rings (SSSR count). The van der Waals surface area contributed by atoms with Gasteiger partial charge in [-0.15, -0.1) is 0 Å². The highest BCUT2D eigenvalue weighted by Gasteiger charge is 2.63. The summed E-state index contributed by atoms with van der Waals surface area (Å²) in [4.78, 5) is 24.9. The van der Waals surface area contributed by atoms with Crippen LogP contribution in [-0.4, -0.2) is 56.9 Å². The van der Waals surface area contributed by atoms with E-state index < -0.39 is 32.7 Å². The van der Waals surface area contributed by atoms with Crippen molar-refractivity contribution in [3.05, 3.63) is 66.2 Å². The van der Waals surface area contributed by atoms with Gasteiger partial charge in [0, 0.05) is 25.6 Å². The molecule has 0 bridgehead atoms. The topological polar surface area (TPSA) is 90.0 Å². The molecule has 1 aliphatic heterocycles. The summed E-state index contributed by atoms with van der Waals surface area (Å²) < 4.78 is 37.5. The van der Waals surface area contributed by atoms with E-state index in [0.717, 1.165) is 12.0 Å². The number of hydrogen-bond donors (Lipinski definition) is 0. The van der Waals surface area contributed by atoms with Crippen molar-refractivity contribution < 1.29 is 27.5 Å². The van der Waals surface area contributed by atoms with Gasteiger partial charge in [-0.1, -0.05) is 36.4 Å². The molecule has 1 aliphatic rings. The minimum atomic E-state index is -4.31. The highest BCUT2D eigenvalue weighted by Crippen LogP contribution is 2.41. The van der Waals surface area contributed by atoms with Crippen LogP contribution in [0.15, 0.2) is 65.6 Å². The standard InChI is InChI=1S/C20H21NO6S/c1-26-16-13-20(19(23)27-2,28(24,25)17-11-7-4-8-12-17)21(14-16)18(22)15-9-5-3-6-10-15/h3-12,16H,13-14H2,1-2H3/t16-,20+/m0/s1. The van der Waals surface area contributed by atoms with Crippen LogP contribution in [0.2, 0.25) is 0 Å². The third-order valence-corrected chi connectivity index (χ3v) is 7.26. The molecule has 0 spiro atoms. The quantitative estimate of drug-likeness (QED) is 0.709. The lowest BCUT2D eigenvalue weighted by atomic mass is 10.1. The van der Waals surface area contributed by atoms with Gasteiger partial charge in [-0.2, -0.15) is 0 Å². The summed E-state index contributed by atoms with van der Waals surface area (Å²) >= 11 is 0. The average Bonchev–Trinajstić information content (AvgIpc) is 3.15. The minimum absolute atomic E-state index is 0.0502. The lowest BCUT2D eigenvalue weighted by Crippen LogP contribution is -2.58. The molecule has 2 atom stereocenters. The Kier molecular flexibility index (Phi) is 5.53. The maximum absolute atomic E-state index is 13.6. The lowest BCUT2D eigenvalue weighted by Gasteiger charge is -2.34. The number of ether oxygens (including phenoxy) is 2. The Morgan fingerprint density at radius 1 is 1.00 bits per heavy atom. The highest BCUT2D eigenvalue weighted by molar-refractivity contribution is 7.93. The van der Waals surface area contributed by atoms with E-state index in [9.17, 15) is 18.0 Å². The van der Waals surface area contributed by atoms with Crippen molar-refractivity contribution in [2.75, 3.05) is 20.8 Å². The number of methoxy groups -OCH3 is 2. The Morgan fingerprint density at radius 2 is 1.57 bits per heavy atom. The van der Waals surface area contributed by atoms with E-state index in [2.05, 4.69) is 0 Å². The van der Waals surface area contributed by atoms with E-state index >= 15 is 0 Å². The Labute approximate surface area is 163 Å². The molecule has 0 saturated carbocycles. The summed E-state index contributed by atoms with van der Waals surface area (Å²) in [5.74, 6) is -1.59. The van der Waals surface area contributed by atoms with Gasteiger partial charge in [0.2, 0.25) is 14.7 Å². The summed E-state index contributed by atoms with van der Waals surface area (Å²) in [6.45, 7) is -0.0502. The van der Waals surface area contributed by atoms with E-state index in [1.54, 1.807) is 48.5 Å². The highest BCUT2D eigenvalue weighted by atomic mass is 32.2. The van der Waals surface area contributed by atoms with Gasteiger partial charge in [0.05, 0.1) is 18.1 Å². The fraction of sp³-hybridized carbons (Fsp3) is 0.300. The zero-order valence-corrected chi connectivity index (χ0v) is 16.4. The van der Waals surface area contributed by atoms with Crippen LogP contribution < -0.4 is 0 Å². The van der Waals surface area contributed by atoms with E-state index in [-0.39, 0.29) is 23.4 Å². The van der Waals surface area contributed by atoms with Gasteiger partial charge in [0.15, 0.2) is 0 Å². The van der Waals surface area contributed by atoms with Gasteiger partial charge in [0.25, 0.3) is 5.91 Å². The molecule has 1 amide bonds. The molecule has 0 unspecified atom stereocenters. The number of nitrogens with zero attached hydrogens (tertiary/aromatic N) is 1. The normalized spacial score (nSPS) is 22.1. The second-order valence-electron chi connectivity index (χ2n) is 6.44. The third-order valence-electron chi connectivity index (χ3n) is 4.93. The first-order chi connectivity index (χ1) is 13.4. The van der Waals surface area contributed by atoms with E-state index in [4.69, 9.17) is 9.47 Å². The molecule has 2 aromatic rings. The fourth-order valence-corrected chi connectivity index (χ4v) is 5.55. The molecular weight excluding hydrogens is 382 g/mol. The van der Waals surface area contributed by atoms with Gasteiger partial charge < -0.3 is 14.4 Å². The van der Waals surface area contributed by atoms with Crippen molar-refractivity contribution in [2.24, 2.45) is 0 Å². The number of amides is 1. The van der Waals surface area contributed by atoms with Crippen LogP contribution in [0.25, 0.3) is 0 Å². The Balaban J connectivity index is 2.21. The van der Waals surface area contributed by atoms with Gasteiger partial charge in [0.1, 0.15) is 0 Å². The lowest BCUT2D eigenvalue weighted by molar-refractivity contribution is -0.147. The van der Waals surface area contributed by atoms with Crippen LogP contribution in [0.4, 0.5) is 0 Å². The third kappa shape index (κ3) is 3.08. The number of sulfone groups is 1. The first-order valence-corrected chi connectivity index (χ1v) is 10.1. The number of rotatable bonds is 5. The molecule has 1 heterocycles. The molecule has 1 fully saturated rings. The Hall–Kier alpha value is -2.71. The summed E-state index contributed by atoms with van der Waals surface area (Å²) in [7, 11) is -1.78. The van der Waals surface area contributed by atoms with E-state index in [1.165, 1.54) is 19.2 Å². The van der Waals surface area contributed by atoms with Crippen LogP contribution in [0, 0.1) is 0 Å². The summed E-state index contributed by atoms with van der Waals surface area (Å²) in [5, 5.41) is 0. The first kappa shape index (κ1) is 20.0. The van der Waals surface area contributed by atoms with Crippen molar-refractivity contribution in [1.82, 2.24) is 4.90 Å². The van der Waals surface area contributed by atoms with Gasteiger partial charge in [-0.25, -0.2) is 13.2 Å². The molecule has 0 aromatic heterocycles. The first-order valence-electron chi connectivity index (χ1n) is 8.66. The molecule has 0 N–H and O–H groups in total. The predicted octanol–water partition coefficient (Wildman–Crippen LogP) is 1.89. The maximum Gasteiger partial charge on any atom is 0.348 e. The molecule has 0 aliphatic carbocycles. The second-order valence-corrected chi connectivity index (χ2v) is 8.59. The average molecular weight is 403 g/mol. The van der Waals surface area contributed by atoms with Gasteiger partial charge >= 0.3 is 5.97 Å². The van der Waals surface area contributed by atoms with E-state index in [1.807, 2.05) is 0 Å². The minimum Gasteiger partial charge on any atom is -0.466 e. The number of hydrogen-bond acceptors (Lipinski definition) is 6. The van der Waals surface area contributed by atoms with Crippen molar-refractivity contribution in [3.63, 3.8) is 0 Å². The molecule has 28 heavy (non-hydrogen) atoms. The summed E-state index contributed by atoms with van der Waals surface area (Å²) in [6, 6.07) is 15.8. The van der Waals surface area contributed by atoms with Crippen molar-refractivity contribution in [1.29, 1.82) is 0 Å². The second kappa shape index (κ2) is 7.73. The number of likely N-dealkylation sites (tertiary alicyclic amines) is 1. The van der Waals surface area contributed by atoms with Crippen molar-refractivity contribution in [2.45, 2.75) is 22.3 Å². The van der Waals surface area contributed by atoms with Crippen LogP contribution >= 0.6 is 0 Å². The Bertz CT molecular complexity index is 961. The predicted molar refractivity (Wildman–Crippen MR) is 101 cm³/mol. The molecule has 1 saturated heterocycles. The SMILES string of the molecule is COC(=O)[C@]1(S(=O)(=O)c2ccccc2)C[C@H](OC)CN1C(=O)c1ccccc1. The molecule has 8 heteroatoms. The smallest absolute Gasteiger partial charge is 0.348 e. The molecule has 7 nitrogen and oxygen atoms in total. The van der Waals surface area contributed by atoms with E-state index in [0.29, 0.717) is 0 Å². The van der Waals surface area contributed by atoms with Crippen molar-refractivity contribution in [3.8, 4) is 0 Å². The van der Waals surface area contributed by atoms with Crippen LogP contribution in [0.3, 0.4) is 0 Å². The van der Waals surface area contributed by atoms with Crippen LogP contribution in [0.5, 0.6) is 0 Å². The molecule has 148 valence electrons. The summed E-state index contributed by atoms with van der Waals surface area (Å²) in [6.07, 6.45) is -0.850. The fourth-order valence-electron chi connectivity index (χ4n) is 3.49. The molecule has 2 aromatic carbocycles. The largest absolute Gasteiger partial charge is 0.466 e. The number of carbonyl (C=O) groups is 2. The summed E-state index contributed by atoms with van der Waals surface area (Å²) in [5.41, 5.74) is 0.274.